The van der Waals surface area contributed by atoms with Crippen LogP contribution in [0.25, 0.3) is 94.4 Å². The molecule has 300 valence electrons. The molecule has 2 nitrogen and oxygen atoms in total. The molecular weight excluding hydrogens is 773 g/mol. The fraction of sp³-hybridized carbons (Fsp3) is 0.0484. The minimum absolute atomic E-state index is 0.0519. The third-order valence-corrected chi connectivity index (χ3v) is 14.1. The average Bonchev–Trinajstić information content (AvgIpc) is 4.01. The highest BCUT2D eigenvalue weighted by Crippen LogP contribution is 2.56. The Morgan fingerprint density at radius 1 is 0.344 bits per heavy atom. The van der Waals surface area contributed by atoms with E-state index >= 15 is 0 Å². The van der Waals surface area contributed by atoms with Crippen molar-refractivity contribution >= 4 is 21.8 Å². The zero-order chi connectivity index (χ0) is 42.2. The summed E-state index contributed by atoms with van der Waals surface area (Å²) >= 11 is 0. The summed E-state index contributed by atoms with van der Waals surface area (Å²) < 4.78 is 2.44. The van der Waals surface area contributed by atoms with E-state index in [-0.39, 0.29) is 5.41 Å². The van der Waals surface area contributed by atoms with Gasteiger partial charge in [0.1, 0.15) is 0 Å². The van der Waals surface area contributed by atoms with Crippen molar-refractivity contribution in [3.05, 3.63) is 253 Å². The maximum absolute atomic E-state index is 4.67. The Kier molecular flexibility index (Phi) is 8.29. The molecule has 2 aliphatic carbocycles. The number of aromatic nitrogens is 2. The number of pyridine rings is 1. The Morgan fingerprint density at radius 3 is 1.48 bits per heavy atom. The lowest BCUT2D eigenvalue weighted by atomic mass is 9.75. The maximum Gasteiger partial charge on any atom is 0.0708 e. The van der Waals surface area contributed by atoms with Crippen molar-refractivity contribution in [3.8, 4) is 72.6 Å². The van der Waals surface area contributed by atoms with Crippen molar-refractivity contribution in [2.75, 3.05) is 0 Å². The van der Waals surface area contributed by atoms with Crippen LogP contribution in [0.2, 0.25) is 0 Å². The lowest BCUT2D eigenvalue weighted by Gasteiger charge is -2.27. The molecule has 13 rings (SSSR count). The summed E-state index contributed by atoms with van der Waals surface area (Å²) in [7, 11) is 0. The predicted molar refractivity (Wildman–Crippen MR) is 266 cm³/mol. The van der Waals surface area contributed by atoms with Crippen molar-refractivity contribution in [1.29, 1.82) is 0 Å². The van der Waals surface area contributed by atoms with E-state index in [9.17, 15) is 0 Å². The van der Waals surface area contributed by atoms with Gasteiger partial charge in [-0.15, -0.1) is 0 Å². The van der Waals surface area contributed by atoms with Gasteiger partial charge in [0.2, 0.25) is 0 Å². The van der Waals surface area contributed by atoms with Crippen LogP contribution in [0, 0.1) is 0 Å². The van der Waals surface area contributed by atoms with Crippen molar-refractivity contribution in [1.82, 2.24) is 9.55 Å². The van der Waals surface area contributed by atoms with Gasteiger partial charge in [-0.25, -0.2) is 0 Å². The van der Waals surface area contributed by atoms with Crippen LogP contribution < -0.4 is 0 Å². The van der Waals surface area contributed by atoms with Crippen LogP contribution >= 0.6 is 0 Å². The van der Waals surface area contributed by atoms with Crippen molar-refractivity contribution in [2.24, 2.45) is 0 Å². The van der Waals surface area contributed by atoms with Crippen LogP contribution in [0.15, 0.2) is 231 Å². The molecule has 2 aliphatic rings. The molecule has 0 N–H and O–H groups in total. The zero-order valence-electron chi connectivity index (χ0n) is 35.2. The second-order valence-electron chi connectivity index (χ2n) is 17.6. The average molecular weight is 815 g/mol. The minimum atomic E-state index is -0.0519. The number of nitrogens with zero attached hydrogens (tertiary/aromatic N) is 2. The fourth-order valence-electron chi connectivity index (χ4n) is 11.0. The van der Waals surface area contributed by atoms with E-state index in [1.165, 1.54) is 94.1 Å². The summed E-state index contributed by atoms with van der Waals surface area (Å²) in [6.07, 6.45) is 3.98. The Hall–Kier alpha value is -8.07. The molecule has 11 aromatic rings. The van der Waals surface area contributed by atoms with Crippen LogP contribution in [-0.4, -0.2) is 9.55 Å². The van der Waals surface area contributed by atoms with Gasteiger partial charge in [0.25, 0.3) is 0 Å². The minimum Gasteiger partial charge on any atom is -0.309 e. The zero-order valence-corrected chi connectivity index (χ0v) is 35.2. The largest absolute Gasteiger partial charge is 0.309 e. The van der Waals surface area contributed by atoms with E-state index in [2.05, 4.69) is 228 Å². The number of benzene rings is 9. The standard InChI is InChI=1S/C62H42N2/c1-3-11-41(12-4-1)42-23-28-52(29-24-42)64-60-31-26-46(43-19-21-44(22-20-43)49-33-34-63-59(38-49)45-13-5-2-6-14-45)35-55(60)56-36-47(27-32-61(56)64)48-25-30-54-53-17-9-10-18-57(53)62(58(54)37-48)39-50-15-7-8-16-51(50)40-62/h1-38H,39-40H2. The first kappa shape index (κ1) is 36.6. The molecule has 2 aromatic heterocycles. The van der Waals surface area contributed by atoms with Crippen LogP contribution in [0.3, 0.4) is 0 Å². The molecule has 0 radical (unpaired) electrons. The molecule has 0 fully saturated rings. The summed E-state index contributed by atoms with van der Waals surface area (Å²) in [5.41, 5.74) is 23.8. The monoisotopic (exact) mass is 814 g/mol. The summed E-state index contributed by atoms with van der Waals surface area (Å²) in [4.78, 5) is 4.67. The molecule has 9 aromatic carbocycles. The topological polar surface area (TPSA) is 17.8 Å². The van der Waals surface area contributed by atoms with Gasteiger partial charge < -0.3 is 4.57 Å². The molecule has 2 heteroatoms. The molecule has 0 saturated carbocycles. The SMILES string of the molecule is c1ccc(-c2ccc(-n3c4ccc(-c5ccc(-c6ccnc(-c7ccccc7)c6)cc5)cc4c4cc(-c5ccc6c(c5)C5(Cc7ccccc7C5)c5ccccc5-6)ccc43)cc2)cc1. The second-order valence-corrected chi connectivity index (χ2v) is 17.6. The van der Waals surface area contributed by atoms with Gasteiger partial charge in [-0.3, -0.25) is 4.98 Å². The van der Waals surface area contributed by atoms with E-state index in [4.69, 9.17) is 0 Å². The molecule has 0 atom stereocenters. The molecule has 0 saturated heterocycles. The van der Waals surface area contributed by atoms with E-state index in [0.29, 0.717) is 0 Å². The Labute approximate surface area is 373 Å². The highest BCUT2D eigenvalue weighted by molar-refractivity contribution is 6.11. The van der Waals surface area contributed by atoms with E-state index in [1.54, 1.807) is 0 Å². The summed E-state index contributed by atoms with van der Waals surface area (Å²) in [6, 6.07) is 82.8. The molecule has 0 amide bonds. The van der Waals surface area contributed by atoms with Crippen molar-refractivity contribution < 1.29 is 0 Å². The predicted octanol–water partition coefficient (Wildman–Crippen LogP) is 15.6. The lowest BCUT2D eigenvalue weighted by molar-refractivity contribution is 0.564. The third kappa shape index (κ3) is 5.83. The highest BCUT2D eigenvalue weighted by atomic mass is 15.0. The Bertz CT molecular complexity index is 3550. The third-order valence-electron chi connectivity index (χ3n) is 14.1. The van der Waals surface area contributed by atoms with E-state index < -0.39 is 0 Å². The first-order chi connectivity index (χ1) is 31.7. The van der Waals surface area contributed by atoms with Gasteiger partial charge in [0.05, 0.1) is 16.7 Å². The number of rotatable bonds is 6. The Morgan fingerprint density at radius 2 is 0.812 bits per heavy atom. The molecule has 0 bridgehead atoms. The summed E-state index contributed by atoms with van der Waals surface area (Å²) in [5.74, 6) is 0. The molecule has 0 unspecified atom stereocenters. The van der Waals surface area contributed by atoms with Crippen LogP contribution in [0.4, 0.5) is 0 Å². The van der Waals surface area contributed by atoms with Gasteiger partial charge in [0, 0.05) is 33.6 Å². The highest BCUT2D eigenvalue weighted by Gasteiger charge is 2.47. The number of fused-ring (bicyclic) bond motifs is 9. The van der Waals surface area contributed by atoms with Crippen molar-refractivity contribution in [2.45, 2.75) is 18.3 Å². The summed E-state index contributed by atoms with van der Waals surface area (Å²) in [6.45, 7) is 0. The fourth-order valence-corrected chi connectivity index (χ4v) is 11.0. The quantitative estimate of drug-likeness (QED) is 0.163. The first-order valence-electron chi connectivity index (χ1n) is 22.3. The number of hydrogen-bond acceptors (Lipinski definition) is 1. The normalized spacial score (nSPS) is 13.3. The maximum atomic E-state index is 4.67. The van der Waals surface area contributed by atoms with Gasteiger partial charge in [-0.2, -0.15) is 0 Å². The van der Waals surface area contributed by atoms with Gasteiger partial charge in [-0.1, -0.05) is 170 Å². The smallest absolute Gasteiger partial charge is 0.0708 e. The van der Waals surface area contributed by atoms with Crippen LogP contribution in [0.5, 0.6) is 0 Å². The molecule has 0 aliphatic heterocycles. The first-order valence-corrected chi connectivity index (χ1v) is 22.3. The second kappa shape index (κ2) is 14.5. The molecule has 2 heterocycles. The van der Waals surface area contributed by atoms with E-state index in [1.807, 2.05) is 12.3 Å². The molecule has 64 heavy (non-hydrogen) atoms. The summed E-state index contributed by atoms with van der Waals surface area (Å²) in [5, 5.41) is 2.48. The van der Waals surface area contributed by atoms with Gasteiger partial charge in [0.15, 0.2) is 0 Å². The van der Waals surface area contributed by atoms with Gasteiger partial charge >= 0.3 is 0 Å². The van der Waals surface area contributed by atoms with E-state index in [0.717, 1.165) is 35.3 Å². The molecular formula is C62H42N2. The Balaban J connectivity index is 0.931. The van der Waals surface area contributed by atoms with Crippen LogP contribution in [-0.2, 0) is 18.3 Å². The molecule has 1 spiro atoms. The van der Waals surface area contributed by atoms with Crippen LogP contribution in [0.1, 0.15) is 22.3 Å². The van der Waals surface area contributed by atoms with Crippen molar-refractivity contribution in [3.63, 3.8) is 0 Å². The van der Waals surface area contributed by atoms with Gasteiger partial charge in [-0.05, 0) is 145 Å². The number of hydrogen-bond donors (Lipinski definition) is 0. The lowest BCUT2D eigenvalue weighted by Crippen LogP contribution is -2.25.